The van der Waals surface area contributed by atoms with E-state index < -0.39 is 0 Å². The fourth-order valence-electron chi connectivity index (χ4n) is 4.66. The van der Waals surface area contributed by atoms with Crippen molar-refractivity contribution in [3.8, 4) is 40.1 Å². The zero-order valence-corrected chi connectivity index (χ0v) is 18.7. The van der Waals surface area contributed by atoms with Crippen molar-refractivity contribution in [2.75, 3.05) is 0 Å². The molecule has 6 aromatic rings. The zero-order valence-electron chi connectivity index (χ0n) is 18.7. The normalized spacial score (nSPS) is 10.8. The van der Waals surface area contributed by atoms with Crippen LogP contribution in [0.1, 0.15) is 11.1 Å². The van der Waals surface area contributed by atoms with Crippen LogP contribution in [-0.4, -0.2) is 9.55 Å². The van der Waals surface area contributed by atoms with E-state index in [2.05, 4.69) is 82.4 Å². The summed E-state index contributed by atoms with van der Waals surface area (Å²) in [6.07, 6.45) is 3.34. The SMILES string of the molecule is N#Cc1cncc(-c2ccc(-c3cccc(-n4c5ccccc5c5cc(C#N)ccc54)c3)cc2)c1. The van der Waals surface area contributed by atoms with Crippen LogP contribution in [0, 0.1) is 22.7 Å². The minimum atomic E-state index is 0.548. The number of nitriles is 2. The van der Waals surface area contributed by atoms with Crippen LogP contribution in [0.25, 0.3) is 49.7 Å². The zero-order chi connectivity index (χ0) is 23.8. The standard InChI is InChI=1S/C31H18N4/c32-17-21-8-13-31-29(15-21)28-6-1-2-7-30(28)35(31)27-5-3-4-25(16-27)23-9-11-24(12-10-23)26-14-22(18-33)19-34-20-26/h1-16,19-20H. The molecule has 0 N–H and O–H groups in total. The molecule has 0 atom stereocenters. The fraction of sp³-hybridized carbons (Fsp3) is 0. The second-order valence-electron chi connectivity index (χ2n) is 8.40. The number of hydrogen-bond donors (Lipinski definition) is 0. The van der Waals surface area contributed by atoms with E-state index >= 15 is 0 Å². The average molecular weight is 447 g/mol. The first-order valence-electron chi connectivity index (χ1n) is 11.2. The molecular formula is C31H18N4. The molecule has 0 saturated heterocycles. The summed E-state index contributed by atoms with van der Waals surface area (Å²) in [6.45, 7) is 0. The third kappa shape index (κ3) is 3.51. The third-order valence-electron chi connectivity index (χ3n) is 6.32. The van der Waals surface area contributed by atoms with E-state index in [0.29, 0.717) is 11.1 Å². The van der Waals surface area contributed by atoms with E-state index in [1.807, 2.05) is 36.4 Å². The maximum absolute atomic E-state index is 9.40. The molecule has 6 rings (SSSR count). The Morgan fingerprint density at radius 2 is 1.29 bits per heavy atom. The van der Waals surface area contributed by atoms with Gasteiger partial charge in [-0.3, -0.25) is 4.98 Å². The Hall–Kier alpha value is -5.19. The van der Waals surface area contributed by atoms with Gasteiger partial charge in [0.15, 0.2) is 0 Å². The number of hydrogen-bond acceptors (Lipinski definition) is 3. The summed E-state index contributed by atoms with van der Waals surface area (Å²) in [6, 6.07) is 37.2. The quantitative estimate of drug-likeness (QED) is 0.287. The van der Waals surface area contributed by atoms with E-state index in [0.717, 1.165) is 49.7 Å². The van der Waals surface area contributed by atoms with E-state index in [1.165, 1.54) is 0 Å². The number of pyridine rings is 1. The molecule has 0 radical (unpaired) electrons. The highest BCUT2D eigenvalue weighted by atomic mass is 15.0. The van der Waals surface area contributed by atoms with E-state index in [1.54, 1.807) is 12.4 Å². The largest absolute Gasteiger partial charge is 0.309 e. The van der Waals surface area contributed by atoms with Crippen molar-refractivity contribution in [2.24, 2.45) is 0 Å². The van der Waals surface area contributed by atoms with Gasteiger partial charge in [0, 0.05) is 34.4 Å². The van der Waals surface area contributed by atoms with Crippen molar-refractivity contribution < 1.29 is 0 Å². The van der Waals surface area contributed by atoms with Gasteiger partial charge < -0.3 is 4.57 Å². The van der Waals surface area contributed by atoms with Crippen molar-refractivity contribution in [3.05, 3.63) is 121 Å². The number of rotatable bonds is 3. The third-order valence-corrected chi connectivity index (χ3v) is 6.32. The predicted molar refractivity (Wildman–Crippen MR) is 139 cm³/mol. The van der Waals surface area contributed by atoms with Gasteiger partial charge in [0.05, 0.1) is 28.2 Å². The molecule has 0 aliphatic carbocycles. The van der Waals surface area contributed by atoms with Gasteiger partial charge in [-0.1, -0.05) is 54.6 Å². The summed E-state index contributed by atoms with van der Waals surface area (Å²) < 4.78 is 2.25. The first-order valence-corrected chi connectivity index (χ1v) is 11.2. The number of fused-ring (bicyclic) bond motifs is 3. The molecule has 2 aromatic heterocycles. The van der Waals surface area contributed by atoms with E-state index in [9.17, 15) is 5.26 Å². The van der Waals surface area contributed by atoms with Crippen molar-refractivity contribution in [1.29, 1.82) is 10.5 Å². The van der Waals surface area contributed by atoms with Gasteiger partial charge in [0.1, 0.15) is 6.07 Å². The van der Waals surface area contributed by atoms with Crippen LogP contribution < -0.4 is 0 Å². The van der Waals surface area contributed by atoms with Crippen LogP contribution in [0.15, 0.2) is 109 Å². The topological polar surface area (TPSA) is 65.4 Å². The van der Waals surface area contributed by atoms with Crippen LogP contribution in [0.4, 0.5) is 0 Å². The molecule has 2 heterocycles. The minimum Gasteiger partial charge on any atom is -0.309 e. The Kier molecular flexibility index (Phi) is 4.84. The highest BCUT2D eigenvalue weighted by Crippen LogP contribution is 2.34. The smallest absolute Gasteiger partial charge is 0.101 e. The van der Waals surface area contributed by atoms with Crippen molar-refractivity contribution in [2.45, 2.75) is 0 Å². The highest BCUT2D eigenvalue weighted by Gasteiger charge is 2.13. The molecule has 0 fully saturated rings. The van der Waals surface area contributed by atoms with Gasteiger partial charge in [-0.25, -0.2) is 0 Å². The molecule has 4 heteroatoms. The number of nitrogens with zero attached hydrogens (tertiary/aromatic N) is 4. The Morgan fingerprint density at radius 1 is 0.543 bits per heavy atom. The van der Waals surface area contributed by atoms with Crippen LogP contribution in [0.3, 0.4) is 0 Å². The lowest BCUT2D eigenvalue weighted by Gasteiger charge is -2.11. The lowest BCUT2D eigenvalue weighted by atomic mass is 10.0. The number of para-hydroxylation sites is 1. The minimum absolute atomic E-state index is 0.548. The van der Waals surface area contributed by atoms with Gasteiger partial charge in [-0.2, -0.15) is 10.5 Å². The highest BCUT2D eigenvalue weighted by molar-refractivity contribution is 6.09. The monoisotopic (exact) mass is 446 g/mol. The predicted octanol–water partition coefficient (Wildman–Crippen LogP) is 7.26. The van der Waals surface area contributed by atoms with Crippen molar-refractivity contribution in [3.63, 3.8) is 0 Å². The summed E-state index contributed by atoms with van der Waals surface area (Å²) in [5.41, 5.74) is 8.60. The Bertz CT molecular complexity index is 1810. The van der Waals surface area contributed by atoms with Gasteiger partial charge in [0.2, 0.25) is 0 Å². The summed E-state index contributed by atoms with van der Waals surface area (Å²) in [5.74, 6) is 0. The Labute approximate surface area is 202 Å². The average Bonchev–Trinajstić information content (AvgIpc) is 3.27. The van der Waals surface area contributed by atoms with E-state index in [-0.39, 0.29) is 0 Å². The molecule has 0 unspecified atom stereocenters. The first-order chi connectivity index (χ1) is 17.2. The molecule has 0 bridgehead atoms. The molecule has 0 aliphatic heterocycles. The molecule has 0 aliphatic rings. The summed E-state index contributed by atoms with van der Waals surface area (Å²) >= 11 is 0. The van der Waals surface area contributed by atoms with Crippen LogP contribution in [0.5, 0.6) is 0 Å². The Balaban J connectivity index is 1.45. The maximum atomic E-state index is 9.40. The lowest BCUT2D eigenvalue weighted by Crippen LogP contribution is -1.94. The van der Waals surface area contributed by atoms with Crippen LogP contribution >= 0.6 is 0 Å². The summed E-state index contributed by atoms with van der Waals surface area (Å²) in [7, 11) is 0. The number of aromatic nitrogens is 2. The van der Waals surface area contributed by atoms with Gasteiger partial charge >= 0.3 is 0 Å². The van der Waals surface area contributed by atoms with Crippen LogP contribution in [-0.2, 0) is 0 Å². The van der Waals surface area contributed by atoms with Gasteiger partial charge in [0.25, 0.3) is 0 Å². The molecule has 162 valence electrons. The van der Waals surface area contributed by atoms with Gasteiger partial charge in [-0.15, -0.1) is 0 Å². The molecule has 0 spiro atoms. The second-order valence-corrected chi connectivity index (χ2v) is 8.40. The molecule has 35 heavy (non-hydrogen) atoms. The first kappa shape index (κ1) is 20.4. The van der Waals surface area contributed by atoms with Crippen LogP contribution in [0.2, 0.25) is 0 Å². The summed E-state index contributed by atoms with van der Waals surface area (Å²) in [5, 5.41) is 20.8. The lowest BCUT2D eigenvalue weighted by molar-refractivity contribution is 1.18. The number of benzene rings is 4. The fourth-order valence-corrected chi connectivity index (χ4v) is 4.66. The van der Waals surface area contributed by atoms with Gasteiger partial charge in [-0.05, 0) is 59.2 Å². The second kappa shape index (κ2) is 8.30. The molecular weight excluding hydrogens is 428 g/mol. The summed E-state index contributed by atoms with van der Waals surface area (Å²) in [4.78, 5) is 4.17. The molecule has 4 aromatic carbocycles. The molecule has 0 saturated carbocycles. The molecule has 4 nitrogen and oxygen atoms in total. The van der Waals surface area contributed by atoms with Crippen molar-refractivity contribution >= 4 is 21.8 Å². The Morgan fingerprint density at radius 3 is 2.09 bits per heavy atom. The van der Waals surface area contributed by atoms with E-state index in [4.69, 9.17) is 5.26 Å². The molecule has 0 amide bonds. The maximum Gasteiger partial charge on any atom is 0.101 e. The van der Waals surface area contributed by atoms with Crippen molar-refractivity contribution in [1.82, 2.24) is 9.55 Å².